The standard InChI is InChI=1S/C30H39N3O3S/c1-18(32-33-28(37)31-21-8-6-5-7-9-21)24-12-13-25-23-11-10-20-16-22(36-19(2)34)14-15-29(20,3)26(23)17-27(35)30(24,25)4/h5-9,12,20,22-23,25-26H,10-11,13-17H2,1-4H3,(H2,31,33,37)/b32-18+/t20-,22-,23-,25-,26-,29-,30+/m0/s1. The van der Waals surface area contributed by atoms with Crippen molar-refractivity contribution in [1.82, 2.24) is 5.43 Å². The maximum atomic E-state index is 13.9. The summed E-state index contributed by atoms with van der Waals surface area (Å²) >= 11 is 5.43. The molecule has 0 aromatic heterocycles. The van der Waals surface area contributed by atoms with Crippen molar-refractivity contribution in [2.45, 2.75) is 78.7 Å². The fraction of sp³-hybridized carbons (Fsp3) is 0.600. The Bertz CT molecular complexity index is 1150. The van der Waals surface area contributed by atoms with Gasteiger partial charge in [-0.15, -0.1) is 0 Å². The number of nitrogens with one attached hydrogen (secondary N) is 2. The molecule has 0 bridgehead atoms. The molecule has 0 amide bonds. The van der Waals surface area contributed by atoms with Crippen LogP contribution in [0, 0.1) is 34.5 Å². The average Bonchev–Trinajstić information content (AvgIpc) is 3.22. The van der Waals surface area contributed by atoms with E-state index in [0.717, 1.165) is 55.5 Å². The molecule has 198 valence electrons. The van der Waals surface area contributed by atoms with Gasteiger partial charge >= 0.3 is 5.97 Å². The summed E-state index contributed by atoms with van der Waals surface area (Å²) in [5, 5.41) is 8.16. The van der Waals surface area contributed by atoms with Crippen LogP contribution in [0.1, 0.15) is 72.6 Å². The minimum absolute atomic E-state index is 0.0326. The summed E-state index contributed by atoms with van der Waals surface area (Å²) in [7, 11) is 0. The van der Waals surface area contributed by atoms with E-state index >= 15 is 0 Å². The second-order valence-corrected chi connectivity index (χ2v) is 12.4. The average molecular weight is 522 g/mol. The van der Waals surface area contributed by atoms with Crippen LogP contribution in [-0.2, 0) is 14.3 Å². The minimum Gasteiger partial charge on any atom is -0.463 e. The predicted octanol–water partition coefficient (Wildman–Crippen LogP) is 6.04. The van der Waals surface area contributed by atoms with Crippen LogP contribution in [0.2, 0.25) is 0 Å². The maximum absolute atomic E-state index is 13.9. The summed E-state index contributed by atoms with van der Waals surface area (Å²) < 4.78 is 5.59. The Morgan fingerprint density at radius 1 is 1.11 bits per heavy atom. The zero-order chi connectivity index (χ0) is 26.4. The van der Waals surface area contributed by atoms with Gasteiger partial charge in [0.05, 0.1) is 11.1 Å². The second-order valence-electron chi connectivity index (χ2n) is 12.0. The molecule has 7 heteroatoms. The number of hydrazone groups is 1. The number of ketones is 1. The van der Waals surface area contributed by atoms with Crippen molar-refractivity contribution in [3.63, 3.8) is 0 Å². The number of rotatable bonds is 4. The fourth-order valence-electron chi connectivity index (χ4n) is 8.27. The molecule has 0 heterocycles. The summed E-state index contributed by atoms with van der Waals surface area (Å²) in [6, 6.07) is 9.76. The summed E-state index contributed by atoms with van der Waals surface area (Å²) in [5.41, 5.74) is 5.40. The Kier molecular flexibility index (Phi) is 7.03. The number of carbonyl (C=O) groups is 2. The van der Waals surface area contributed by atoms with Crippen molar-refractivity contribution in [2.75, 3.05) is 5.32 Å². The molecule has 4 aliphatic rings. The predicted molar refractivity (Wildman–Crippen MR) is 150 cm³/mol. The van der Waals surface area contributed by atoms with Crippen molar-refractivity contribution in [2.24, 2.45) is 39.6 Å². The van der Waals surface area contributed by atoms with E-state index in [0.29, 0.717) is 41.0 Å². The highest BCUT2D eigenvalue weighted by Gasteiger charge is 2.62. The normalized spacial score (nSPS) is 37.0. The van der Waals surface area contributed by atoms with Gasteiger partial charge in [-0.05, 0) is 111 Å². The third-order valence-corrected chi connectivity index (χ3v) is 10.3. The lowest BCUT2D eigenvalue weighted by atomic mass is 9.44. The molecule has 2 N–H and O–H groups in total. The van der Waals surface area contributed by atoms with Crippen molar-refractivity contribution in [3.8, 4) is 0 Å². The van der Waals surface area contributed by atoms with Crippen molar-refractivity contribution < 1.29 is 14.3 Å². The van der Waals surface area contributed by atoms with Crippen LogP contribution >= 0.6 is 12.2 Å². The number of Topliss-reactive ketones (excluding diaryl/α,β-unsaturated/α-hetero) is 1. The Labute approximate surface area is 225 Å². The van der Waals surface area contributed by atoms with E-state index in [1.54, 1.807) is 0 Å². The molecule has 37 heavy (non-hydrogen) atoms. The van der Waals surface area contributed by atoms with Crippen LogP contribution in [0.3, 0.4) is 0 Å². The molecule has 1 aromatic rings. The molecule has 7 atom stereocenters. The number of nitrogens with zero attached hydrogens (tertiary/aromatic N) is 1. The molecule has 4 aliphatic carbocycles. The molecule has 0 unspecified atom stereocenters. The van der Waals surface area contributed by atoms with Gasteiger partial charge in [0, 0.05) is 19.0 Å². The number of ether oxygens (including phenoxy) is 1. The van der Waals surface area contributed by atoms with Crippen molar-refractivity contribution in [3.05, 3.63) is 42.0 Å². The lowest BCUT2D eigenvalue weighted by molar-refractivity contribution is -0.162. The quantitative estimate of drug-likeness (QED) is 0.218. The Balaban J connectivity index is 1.29. The van der Waals surface area contributed by atoms with Crippen LogP contribution in [0.4, 0.5) is 5.69 Å². The Morgan fingerprint density at radius 2 is 1.86 bits per heavy atom. The van der Waals surface area contributed by atoms with E-state index in [1.165, 1.54) is 6.92 Å². The number of hydrogen-bond acceptors (Lipinski definition) is 5. The SMILES string of the molecule is CC(=O)O[C@H]1CC[C@@]2(C)[C@@H](CC[C@H]3[C@@H]4CC=C(/C(C)=N/NC(=S)Nc5ccccc5)[C@@]4(C)C(=O)C[C@@H]32)C1. The number of allylic oxidation sites excluding steroid dienone is 2. The van der Waals surface area contributed by atoms with Gasteiger partial charge in [-0.1, -0.05) is 31.2 Å². The lowest BCUT2D eigenvalue weighted by Gasteiger charge is -2.60. The smallest absolute Gasteiger partial charge is 0.302 e. The highest BCUT2D eigenvalue weighted by molar-refractivity contribution is 7.80. The Hall–Kier alpha value is -2.54. The van der Waals surface area contributed by atoms with E-state index in [2.05, 4.69) is 35.8 Å². The molecule has 0 saturated heterocycles. The molecule has 0 spiro atoms. The zero-order valence-corrected chi connectivity index (χ0v) is 23.2. The molecule has 0 radical (unpaired) electrons. The molecular weight excluding hydrogens is 482 g/mol. The second kappa shape index (κ2) is 9.97. The zero-order valence-electron chi connectivity index (χ0n) is 22.4. The molecular formula is C30H39N3O3S. The Morgan fingerprint density at radius 3 is 2.59 bits per heavy atom. The molecule has 3 fully saturated rings. The van der Waals surface area contributed by atoms with E-state index in [1.807, 2.05) is 37.3 Å². The highest BCUT2D eigenvalue weighted by Crippen LogP contribution is 2.65. The lowest BCUT2D eigenvalue weighted by Crippen LogP contribution is -2.57. The summed E-state index contributed by atoms with van der Waals surface area (Å²) in [6.07, 6.45) is 9.02. The van der Waals surface area contributed by atoms with Gasteiger partial charge in [0.25, 0.3) is 0 Å². The summed E-state index contributed by atoms with van der Waals surface area (Å²) in [4.78, 5) is 25.5. The van der Waals surface area contributed by atoms with Gasteiger partial charge in [0.2, 0.25) is 0 Å². The van der Waals surface area contributed by atoms with E-state index in [9.17, 15) is 9.59 Å². The number of fused-ring (bicyclic) bond motifs is 5. The summed E-state index contributed by atoms with van der Waals surface area (Å²) in [6.45, 7) is 8.05. The molecule has 6 nitrogen and oxygen atoms in total. The van der Waals surface area contributed by atoms with Gasteiger partial charge in [0.15, 0.2) is 5.11 Å². The van der Waals surface area contributed by atoms with E-state index in [-0.39, 0.29) is 17.5 Å². The van der Waals surface area contributed by atoms with Gasteiger partial charge < -0.3 is 10.1 Å². The first-order chi connectivity index (χ1) is 17.6. The topological polar surface area (TPSA) is 79.8 Å². The molecule has 5 rings (SSSR count). The van der Waals surface area contributed by atoms with Crippen molar-refractivity contribution >= 4 is 40.5 Å². The molecule has 0 aliphatic heterocycles. The van der Waals surface area contributed by atoms with Gasteiger partial charge in [-0.3, -0.25) is 15.0 Å². The number of carbonyl (C=O) groups excluding carboxylic acids is 2. The number of esters is 1. The number of anilines is 1. The van der Waals surface area contributed by atoms with Crippen molar-refractivity contribution in [1.29, 1.82) is 0 Å². The third kappa shape index (κ3) is 4.64. The van der Waals surface area contributed by atoms with E-state index in [4.69, 9.17) is 17.0 Å². The maximum Gasteiger partial charge on any atom is 0.302 e. The van der Waals surface area contributed by atoms with Gasteiger partial charge in [0.1, 0.15) is 11.9 Å². The van der Waals surface area contributed by atoms with Crippen LogP contribution in [0.15, 0.2) is 47.1 Å². The number of hydrogen-bond donors (Lipinski definition) is 2. The number of thiocarbonyl (C=S) groups is 1. The van der Waals surface area contributed by atoms with E-state index < -0.39 is 5.41 Å². The number of benzene rings is 1. The number of para-hydroxylation sites is 1. The first-order valence-corrected chi connectivity index (χ1v) is 14.1. The van der Waals surface area contributed by atoms with Crippen LogP contribution in [-0.4, -0.2) is 28.7 Å². The van der Waals surface area contributed by atoms with Crippen LogP contribution < -0.4 is 10.7 Å². The third-order valence-electron chi connectivity index (χ3n) is 10.2. The minimum atomic E-state index is -0.497. The first-order valence-electron chi connectivity index (χ1n) is 13.7. The first kappa shape index (κ1) is 26.1. The van der Waals surface area contributed by atoms with Gasteiger partial charge in [-0.25, -0.2) is 0 Å². The summed E-state index contributed by atoms with van der Waals surface area (Å²) in [5.74, 6) is 1.94. The largest absolute Gasteiger partial charge is 0.463 e. The van der Waals surface area contributed by atoms with Crippen LogP contribution in [0.25, 0.3) is 0 Å². The van der Waals surface area contributed by atoms with Crippen LogP contribution in [0.5, 0.6) is 0 Å². The fourth-order valence-corrected chi connectivity index (χ4v) is 8.43. The molecule has 3 saturated carbocycles. The highest BCUT2D eigenvalue weighted by atomic mass is 32.1. The monoisotopic (exact) mass is 521 g/mol. The van der Waals surface area contributed by atoms with Gasteiger partial charge in [-0.2, -0.15) is 5.10 Å². The molecule has 1 aromatic carbocycles.